The average Bonchev–Trinajstić information content (AvgIpc) is 2.89. The number of carbonyl (C=O) groups excluding carboxylic acids is 1. The third kappa shape index (κ3) is 3.69. The highest BCUT2D eigenvalue weighted by Gasteiger charge is 2.41. The van der Waals surface area contributed by atoms with Crippen molar-refractivity contribution in [2.45, 2.75) is 12.4 Å². The van der Waals surface area contributed by atoms with Gasteiger partial charge >= 0.3 is 18.4 Å². The average molecular weight is 340 g/mol. The van der Waals surface area contributed by atoms with Crippen LogP contribution in [0.15, 0.2) is 24.3 Å². The molecule has 1 aromatic rings. The molecular formula is C13H10F6N2O2. The van der Waals surface area contributed by atoms with E-state index in [1.165, 1.54) is 4.90 Å². The number of primary amides is 1. The zero-order chi connectivity index (χ0) is 17.4. The Labute approximate surface area is 126 Å². The van der Waals surface area contributed by atoms with Gasteiger partial charge in [-0.25, -0.2) is 4.79 Å². The predicted molar refractivity (Wildman–Crippen MR) is 68.0 cm³/mol. The highest BCUT2D eigenvalue weighted by atomic mass is 19.4. The molecular weight excluding hydrogens is 330 g/mol. The first kappa shape index (κ1) is 17.0. The molecule has 2 rings (SSSR count). The number of benzene rings is 1. The Kier molecular flexibility index (Phi) is 4.18. The van der Waals surface area contributed by atoms with Crippen LogP contribution >= 0.6 is 0 Å². The van der Waals surface area contributed by atoms with Crippen LogP contribution in [0, 0.1) is 0 Å². The topological polar surface area (TPSA) is 55.6 Å². The summed E-state index contributed by atoms with van der Waals surface area (Å²) in [6.45, 7) is 0.154. The number of nitrogens with zero attached hydrogens (tertiary/aromatic N) is 1. The molecule has 10 heteroatoms. The highest BCUT2D eigenvalue weighted by Crippen LogP contribution is 2.46. The third-order valence-electron chi connectivity index (χ3n) is 3.06. The molecule has 0 atom stereocenters. The number of carbonyl (C=O) groups is 1. The van der Waals surface area contributed by atoms with E-state index < -0.39 is 41.0 Å². The summed E-state index contributed by atoms with van der Waals surface area (Å²) in [5.41, 5.74) is 1.03. The van der Waals surface area contributed by atoms with Gasteiger partial charge in [0.05, 0.1) is 11.3 Å². The summed E-state index contributed by atoms with van der Waals surface area (Å²) in [5.74, 6) is -1.04. The Balaban J connectivity index is 2.71. The number of amides is 1. The molecule has 126 valence electrons. The molecule has 1 heterocycles. The van der Waals surface area contributed by atoms with Crippen molar-refractivity contribution in [1.29, 1.82) is 0 Å². The fourth-order valence-electron chi connectivity index (χ4n) is 2.11. The first-order chi connectivity index (χ1) is 10.5. The molecule has 0 saturated carbocycles. The van der Waals surface area contributed by atoms with Crippen molar-refractivity contribution in [3.8, 4) is 5.75 Å². The van der Waals surface area contributed by atoms with Crippen LogP contribution in [0.2, 0.25) is 0 Å². The molecule has 0 aliphatic carbocycles. The van der Waals surface area contributed by atoms with E-state index in [4.69, 9.17) is 5.73 Å². The van der Waals surface area contributed by atoms with E-state index in [9.17, 15) is 31.1 Å². The Hall–Kier alpha value is -2.39. The van der Waals surface area contributed by atoms with Crippen molar-refractivity contribution in [1.82, 2.24) is 0 Å². The number of ether oxygens (including phenoxy) is 1. The van der Waals surface area contributed by atoms with Gasteiger partial charge in [-0.2, -0.15) is 26.3 Å². The summed E-state index contributed by atoms with van der Waals surface area (Å²) in [6.07, 6.45) is -8.59. The Bertz CT molecular complexity index is 643. The van der Waals surface area contributed by atoms with Crippen molar-refractivity contribution < 1.29 is 35.9 Å². The molecule has 0 unspecified atom stereocenters. The molecule has 1 aliphatic rings. The zero-order valence-electron chi connectivity index (χ0n) is 11.3. The molecule has 0 saturated heterocycles. The van der Waals surface area contributed by atoms with Crippen LogP contribution < -0.4 is 15.4 Å². The van der Waals surface area contributed by atoms with Gasteiger partial charge in [0.25, 0.3) is 0 Å². The molecule has 0 radical (unpaired) electrons. The minimum Gasteiger partial charge on any atom is -0.408 e. The van der Waals surface area contributed by atoms with Crippen LogP contribution in [-0.4, -0.2) is 19.2 Å². The van der Waals surface area contributed by atoms with Crippen molar-refractivity contribution in [2.75, 3.05) is 18.0 Å². The summed E-state index contributed by atoms with van der Waals surface area (Å²) < 4.78 is 82.3. The van der Waals surface area contributed by atoms with Crippen molar-refractivity contribution in [2.24, 2.45) is 5.73 Å². The lowest BCUT2D eigenvalue weighted by molar-refractivity contribution is -0.143. The minimum absolute atomic E-state index is 0.0771. The molecule has 0 aromatic heterocycles. The Morgan fingerprint density at radius 3 is 2.04 bits per heavy atom. The van der Waals surface area contributed by atoms with Crippen LogP contribution in [-0.2, 0) is 12.4 Å². The van der Waals surface area contributed by atoms with Crippen molar-refractivity contribution in [3.63, 3.8) is 0 Å². The predicted octanol–water partition coefficient (Wildman–Crippen LogP) is 3.56. The monoisotopic (exact) mass is 340 g/mol. The third-order valence-corrected chi connectivity index (χ3v) is 3.06. The lowest BCUT2D eigenvalue weighted by Gasteiger charge is -2.25. The number of anilines is 1. The van der Waals surface area contributed by atoms with E-state index in [0.29, 0.717) is 6.07 Å². The molecule has 23 heavy (non-hydrogen) atoms. The maximum Gasteiger partial charge on any atom is 0.420 e. The van der Waals surface area contributed by atoms with Gasteiger partial charge in [-0.3, -0.25) is 0 Å². The lowest BCUT2D eigenvalue weighted by atomic mass is 10.1. The van der Waals surface area contributed by atoms with Gasteiger partial charge in [-0.05, 0) is 12.1 Å². The number of halogens is 6. The zero-order valence-corrected chi connectivity index (χ0v) is 11.3. The molecule has 1 aliphatic heterocycles. The van der Waals surface area contributed by atoms with Gasteiger partial charge in [-0.1, -0.05) is 12.2 Å². The number of alkyl halides is 6. The van der Waals surface area contributed by atoms with E-state index in [-0.39, 0.29) is 19.2 Å². The number of rotatable bonds is 2. The molecule has 0 bridgehead atoms. The maximum atomic E-state index is 13.1. The molecule has 1 amide bonds. The van der Waals surface area contributed by atoms with Gasteiger partial charge in [0.2, 0.25) is 0 Å². The fraction of sp³-hybridized carbons (Fsp3) is 0.308. The summed E-state index contributed by atoms with van der Waals surface area (Å²) in [5, 5.41) is 0. The smallest absolute Gasteiger partial charge is 0.408 e. The second kappa shape index (κ2) is 5.67. The second-order valence-corrected chi connectivity index (χ2v) is 4.67. The van der Waals surface area contributed by atoms with E-state index >= 15 is 0 Å². The molecule has 4 nitrogen and oxygen atoms in total. The SMILES string of the molecule is NC(=O)Oc1c(N2CC=CC2)cc(C(F)(F)F)cc1C(F)(F)F. The van der Waals surface area contributed by atoms with E-state index in [1.807, 2.05) is 0 Å². The molecule has 0 spiro atoms. The molecule has 1 aromatic carbocycles. The summed E-state index contributed by atoms with van der Waals surface area (Å²) in [6, 6.07) is 0.395. The van der Waals surface area contributed by atoms with E-state index in [2.05, 4.69) is 4.74 Å². The van der Waals surface area contributed by atoms with Crippen LogP contribution in [0.1, 0.15) is 11.1 Å². The number of hydrogen-bond donors (Lipinski definition) is 1. The molecule has 0 fully saturated rings. The fourth-order valence-corrected chi connectivity index (χ4v) is 2.11. The van der Waals surface area contributed by atoms with Crippen LogP contribution in [0.4, 0.5) is 36.8 Å². The minimum atomic E-state index is -5.16. The van der Waals surface area contributed by atoms with Crippen LogP contribution in [0.5, 0.6) is 5.75 Å². The van der Waals surface area contributed by atoms with Crippen molar-refractivity contribution in [3.05, 3.63) is 35.4 Å². The second-order valence-electron chi connectivity index (χ2n) is 4.67. The quantitative estimate of drug-likeness (QED) is 0.662. The lowest BCUT2D eigenvalue weighted by Crippen LogP contribution is -2.25. The maximum absolute atomic E-state index is 13.1. The summed E-state index contributed by atoms with van der Waals surface area (Å²) in [4.78, 5) is 12.1. The van der Waals surface area contributed by atoms with Crippen LogP contribution in [0.25, 0.3) is 0 Å². The Morgan fingerprint density at radius 1 is 1.04 bits per heavy atom. The largest absolute Gasteiger partial charge is 0.420 e. The van der Waals surface area contributed by atoms with Crippen LogP contribution in [0.3, 0.4) is 0 Å². The van der Waals surface area contributed by atoms with Gasteiger partial charge < -0.3 is 15.4 Å². The van der Waals surface area contributed by atoms with Gasteiger partial charge in [0, 0.05) is 13.1 Å². The Morgan fingerprint density at radius 2 is 1.61 bits per heavy atom. The summed E-state index contributed by atoms with van der Waals surface area (Å²) in [7, 11) is 0. The number of hydrogen-bond acceptors (Lipinski definition) is 3. The van der Waals surface area contributed by atoms with E-state index in [1.54, 1.807) is 12.2 Å². The van der Waals surface area contributed by atoms with Gasteiger partial charge in [0.15, 0.2) is 5.75 Å². The summed E-state index contributed by atoms with van der Waals surface area (Å²) >= 11 is 0. The highest BCUT2D eigenvalue weighted by molar-refractivity contribution is 5.75. The number of nitrogens with two attached hydrogens (primary N) is 1. The molecule has 2 N–H and O–H groups in total. The normalized spacial score (nSPS) is 15.1. The van der Waals surface area contributed by atoms with E-state index in [0.717, 1.165) is 0 Å². The van der Waals surface area contributed by atoms with Crippen molar-refractivity contribution >= 4 is 11.8 Å². The standard InChI is InChI=1S/C13H10F6N2O2/c14-12(15,16)7-5-8(13(17,18)19)10(23-11(20)22)9(6-7)21-3-1-2-4-21/h1-2,5-6H,3-4H2,(H2,20,22). The first-order valence-corrected chi connectivity index (χ1v) is 6.20. The van der Waals surface area contributed by atoms with Gasteiger partial charge in [-0.15, -0.1) is 0 Å². The first-order valence-electron chi connectivity index (χ1n) is 6.20. The van der Waals surface area contributed by atoms with Gasteiger partial charge in [0.1, 0.15) is 5.56 Å².